The van der Waals surface area contributed by atoms with E-state index in [-0.39, 0.29) is 0 Å². The van der Waals surface area contributed by atoms with Gasteiger partial charge in [0, 0.05) is 0 Å². The van der Waals surface area contributed by atoms with Gasteiger partial charge in [-0.25, -0.2) is 0 Å². The summed E-state index contributed by atoms with van der Waals surface area (Å²) in [6.45, 7) is 6.60. The van der Waals surface area contributed by atoms with Crippen molar-refractivity contribution >= 4 is 0 Å². The Hall–Kier alpha value is -0.980. The van der Waals surface area contributed by atoms with Gasteiger partial charge in [-0.1, -0.05) is 26.0 Å². The Balaban J connectivity index is 3.00. The largest absolute Gasteiger partial charge is 0.496 e. The summed E-state index contributed by atoms with van der Waals surface area (Å²) in [5.74, 6) is 1.70. The highest BCUT2D eigenvalue weighted by Crippen LogP contribution is 2.24. The van der Waals surface area contributed by atoms with Crippen molar-refractivity contribution in [2.75, 3.05) is 7.11 Å². The zero-order chi connectivity index (χ0) is 9.84. The Morgan fingerprint density at radius 3 is 2.54 bits per heavy atom. The Bertz CT molecular complexity index is 276. The topological polar surface area (TPSA) is 9.23 Å². The van der Waals surface area contributed by atoms with Gasteiger partial charge in [-0.05, 0) is 36.5 Å². The lowest BCUT2D eigenvalue weighted by Crippen LogP contribution is -2.00. The van der Waals surface area contributed by atoms with E-state index in [1.807, 2.05) is 12.1 Å². The molecule has 0 spiro atoms. The lowest BCUT2D eigenvalue weighted by Gasteiger charge is -2.12. The third-order valence-electron chi connectivity index (χ3n) is 2.20. The molecule has 1 heteroatoms. The van der Waals surface area contributed by atoms with Crippen LogP contribution in [-0.4, -0.2) is 7.11 Å². The molecule has 0 bridgehead atoms. The summed E-state index contributed by atoms with van der Waals surface area (Å²) in [4.78, 5) is 0. The lowest BCUT2D eigenvalue weighted by molar-refractivity contribution is 0.406. The Morgan fingerprint density at radius 2 is 2.00 bits per heavy atom. The molecule has 0 unspecified atom stereocenters. The van der Waals surface area contributed by atoms with Crippen LogP contribution in [0.2, 0.25) is 0 Å². The SMILES string of the molecule is COc1cccc(C)c1CC(C)C. The fourth-order valence-electron chi connectivity index (χ4n) is 1.54. The predicted molar refractivity (Wildman–Crippen MR) is 56.3 cm³/mol. The fourth-order valence-corrected chi connectivity index (χ4v) is 1.54. The molecule has 0 saturated carbocycles. The number of rotatable bonds is 3. The fraction of sp³-hybridized carbons (Fsp3) is 0.500. The number of methoxy groups -OCH3 is 1. The van der Waals surface area contributed by atoms with Crippen molar-refractivity contribution in [1.29, 1.82) is 0 Å². The molecule has 1 nitrogen and oxygen atoms in total. The molecular weight excluding hydrogens is 160 g/mol. The molecule has 0 radical (unpaired) electrons. The molecule has 0 saturated heterocycles. The monoisotopic (exact) mass is 178 g/mol. The molecule has 0 aliphatic carbocycles. The third kappa shape index (κ3) is 2.48. The average Bonchev–Trinajstić information content (AvgIpc) is 2.08. The second kappa shape index (κ2) is 4.31. The van der Waals surface area contributed by atoms with Crippen LogP contribution in [0.1, 0.15) is 25.0 Å². The van der Waals surface area contributed by atoms with Crippen LogP contribution in [0.15, 0.2) is 18.2 Å². The molecule has 0 aliphatic heterocycles. The van der Waals surface area contributed by atoms with E-state index in [0.717, 1.165) is 12.2 Å². The normalized spacial score (nSPS) is 10.5. The number of hydrogen-bond acceptors (Lipinski definition) is 1. The summed E-state index contributed by atoms with van der Waals surface area (Å²) in [6.07, 6.45) is 1.09. The van der Waals surface area contributed by atoms with Crippen molar-refractivity contribution in [1.82, 2.24) is 0 Å². The summed E-state index contributed by atoms with van der Waals surface area (Å²) >= 11 is 0. The highest BCUT2D eigenvalue weighted by atomic mass is 16.5. The van der Waals surface area contributed by atoms with Crippen molar-refractivity contribution in [3.8, 4) is 5.75 Å². The molecule has 0 N–H and O–H groups in total. The van der Waals surface area contributed by atoms with Gasteiger partial charge in [-0.2, -0.15) is 0 Å². The summed E-state index contributed by atoms with van der Waals surface area (Å²) in [7, 11) is 1.73. The van der Waals surface area contributed by atoms with Gasteiger partial charge in [-0.15, -0.1) is 0 Å². The van der Waals surface area contributed by atoms with Crippen molar-refractivity contribution in [3.63, 3.8) is 0 Å². The van der Waals surface area contributed by atoms with Crippen LogP contribution in [0.4, 0.5) is 0 Å². The lowest BCUT2D eigenvalue weighted by atomic mass is 9.98. The van der Waals surface area contributed by atoms with Crippen LogP contribution in [0.25, 0.3) is 0 Å². The number of aryl methyl sites for hydroxylation is 1. The zero-order valence-corrected chi connectivity index (χ0v) is 8.92. The second-order valence-corrected chi connectivity index (χ2v) is 3.85. The molecule has 0 atom stereocenters. The highest BCUT2D eigenvalue weighted by molar-refractivity contribution is 5.39. The predicted octanol–water partition coefficient (Wildman–Crippen LogP) is 3.20. The Morgan fingerprint density at radius 1 is 1.31 bits per heavy atom. The van der Waals surface area contributed by atoms with Gasteiger partial charge in [0.2, 0.25) is 0 Å². The van der Waals surface area contributed by atoms with Crippen molar-refractivity contribution in [3.05, 3.63) is 29.3 Å². The molecule has 13 heavy (non-hydrogen) atoms. The minimum atomic E-state index is 0.676. The Labute approximate surface area is 80.7 Å². The smallest absolute Gasteiger partial charge is 0.122 e. The van der Waals surface area contributed by atoms with Crippen LogP contribution in [0.5, 0.6) is 5.75 Å². The molecule has 0 amide bonds. The van der Waals surface area contributed by atoms with E-state index in [9.17, 15) is 0 Å². The van der Waals surface area contributed by atoms with E-state index in [0.29, 0.717) is 5.92 Å². The number of hydrogen-bond donors (Lipinski definition) is 0. The number of benzene rings is 1. The molecule has 0 aliphatic rings. The maximum Gasteiger partial charge on any atom is 0.122 e. The first kappa shape index (κ1) is 10.1. The van der Waals surface area contributed by atoms with Crippen LogP contribution < -0.4 is 4.74 Å². The summed E-state index contributed by atoms with van der Waals surface area (Å²) < 4.78 is 5.33. The molecule has 0 heterocycles. The van der Waals surface area contributed by atoms with E-state index < -0.39 is 0 Å². The van der Waals surface area contributed by atoms with E-state index in [1.165, 1.54) is 11.1 Å². The van der Waals surface area contributed by atoms with Gasteiger partial charge in [-0.3, -0.25) is 0 Å². The van der Waals surface area contributed by atoms with Gasteiger partial charge >= 0.3 is 0 Å². The summed E-state index contributed by atoms with van der Waals surface area (Å²) in [5, 5.41) is 0. The van der Waals surface area contributed by atoms with Gasteiger partial charge < -0.3 is 4.74 Å². The number of ether oxygens (including phenoxy) is 1. The standard InChI is InChI=1S/C12H18O/c1-9(2)8-11-10(3)6-5-7-12(11)13-4/h5-7,9H,8H2,1-4H3. The molecular formula is C12H18O. The second-order valence-electron chi connectivity index (χ2n) is 3.85. The first-order chi connectivity index (χ1) is 6.15. The highest BCUT2D eigenvalue weighted by Gasteiger charge is 2.07. The van der Waals surface area contributed by atoms with E-state index >= 15 is 0 Å². The minimum absolute atomic E-state index is 0.676. The van der Waals surface area contributed by atoms with Crippen molar-refractivity contribution in [2.45, 2.75) is 27.2 Å². The van der Waals surface area contributed by atoms with E-state index in [4.69, 9.17) is 4.74 Å². The van der Waals surface area contributed by atoms with Gasteiger partial charge in [0.15, 0.2) is 0 Å². The maximum absolute atomic E-state index is 5.33. The summed E-state index contributed by atoms with van der Waals surface area (Å²) in [6, 6.07) is 6.21. The first-order valence-electron chi connectivity index (χ1n) is 4.77. The van der Waals surface area contributed by atoms with Crippen LogP contribution >= 0.6 is 0 Å². The van der Waals surface area contributed by atoms with Crippen LogP contribution in [0.3, 0.4) is 0 Å². The summed E-state index contributed by atoms with van der Waals surface area (Å²) in [5.41, 5.74) is 2.67. The third-order valence-corrected chi connectivity index (χ3v) is 2.20. The van der Waals surface area contributed by atoms with E-state index in [2.05, 4.69) is 26.8 Å². The molecule has 1 rings (SSSR count). The van der Waals surface area contributed by atoms with Crippen molar-refractivity contribution < 1.29 is 4.74 Å². The average molecular weight is 178 g/mol. The van der Waals surface area contributed by atoms with Crippen LogP contribution in [-0.2, 0) is 6.42 Å². The first-order valence-corrected chi connectivity index (χ1v) is 4.77. The van der Waals surface area contributed by atoms with E-state index in [1.54, 1.807) is 7.11 Å². The minimum Gasteiger partial charge on any atom is -0.496 e. The van der Waals surface area contributed by atoms with Gasteiger partial charge in [0.05, 0.1) is 7.11 Å². The molecule has 0 fully saturated rings. The molecule has 1 aromatic rings. The zero-order valence-electron chi connectivity index (χ0n) is 8.92. The van der Waals surface area contributed by atoms with Crippen molar-refractivity contribution in [2.24, 2.45) is 5.92 Å². The maximum atomic E-state index is 5.33. The van der Waals surface area contributed by atoms with Gasteiger partial charge in [0.25, 0.3) is 0 Å². The molecule has 72 valence electrons. The van der Waals surface area contributed by atoms with Gasteiger partial charge in [0.1, 0.15) is 5.75 Å². The molecule has 0 aromatic heterocycles. The molecule has 1 aromatic carbocycles. The Kier molecular flexibility index (Phi) is 3.35. The van der Waals surface area contributed by atoms with Crippen LogP contribution in [0, 0.1) is 12.8 Å². The quantitative estimate of drug-likeness (QED) is 0.690.